The molecule has 0 aromatic carbocycles. The Hall–Kier alpha value is -2.66. The molecule has 0 atom stereocenters. The van der Waals surface area contributed by atoms with Crippen LogP contribution in [0.25, 0.3) is 10.8 Å². The number of aryl methyl sites for hydroxylation is 2. The standard InChI is InChI=1S/C12H9N5O4S2/c1-5-9(22-6(2)13-5)11-15-16-12(21-11)14-10(18)7-3-4-8(23-7)17(19)20/h3-4H,1-2H3,(H,14,16,18). The van der Waals surface area contributed by atoms with Crippen LogP contribution in [0.3, 0.4) is 0 Å². The summed E-state index contributed by atoms with van der Waals surface area (Å²) in [7, 11) is 0. The molecule has 0 aliphatic carbocycles. The molecule has 0 radical (unpaired) electrons. The van der Waals surface area contributed by atoms with Crippen LogP contribution in [0.4, 0.5) is 11.0 Å². The van der Waals surface area contributed by atoms with Gasteiger partial charge in [0.25, 0.3) is 11.8 Å². The quantitative estimate of drug-likeness (QED) is 0.566. The number of carbonyl (C=O) groups is 1. The second-order valence-electron chi connectivity index (χ2n) is 4.41. The molecule has 3 aromatic heterocycles. The number of rotatable bonds is 4. The van der Waals surface area contributed by atoms with Crippen molar-refractivity contribution in [3.63, 3.8) is 0 Å². The zero-order valence-corrected chi connectivity index (χ0v) is 13.5. The molecule has 1 N–H and O–H groups in total. The topological polar surface area (TPSA) is 124 Å². The van der Waals surface area contributed by atoms with E-state index in [1.165, 1.54) is 23.5 Å². The van der Waals surface area contributed by atoms with Crippen LogP contribution < -0.4 is 5.32 Å². The van der Waals surface area contributed by atoms with Crippen LogP contribution in [0.15, 0.2) is 16.5 Å². The Bertz CT molecular complexity index is 897. The molecule has 11 heteroatoms. The average molecular weight is 351 g/mol. The predicted molar refractivity (Wildman–Crippen MR) is 83.8 cm³/mol. The summed E-state index contributed by atoms with van der Waals surface area (Å²) in [6, 6.07) is 2.56. The van der Waals surface area contributed by atoms with Crippen LogP contribution in [0.1, 0.15) is 20.4 Å². The van der Waals surface area contributed by atoms with Crippen LogP contribution in [-0.4, -0.2) is 26.0 Å². The van der Waals surface area contributed by atoms with Crippen LogP contribution in [-0.2, 0) is 0 Å². The van der Waals surface area contributed by atoms with Gasteiger partial charge in [0.15, 0.2) is 0 Å². The number of hydrogen-bond acceptors (Lipinski definition) is 9. The van der Waals surface area contributed by atoms with Gasteiger partial charge in [-0.2, -0.15) is 0 Å². The maximum atomic E-state index is 12.0. The number of thiophene rings is 1. The molecule has 0 aliphatic heterocycles. The molecule has 3 heterocycles. The number of carbonyl (C=O) groups excluding carboxylic acids is 1. The van der Waals surface area contributed by atoms with E-state index in [9.17, 15) is 14.9 Å². The fourth-order valence-electron chi connectivity index (χ4n) is 1.80. The normalized spacial score (nSPS) is 10.7. The summed E-state index contributed by atoms with van der Waals surface area (Å²) in [5.41, 5.74) is 0.767. The first-order chi connectivity index (χ1) is 10.9. The second kappa shape index (κ2) is 5.85. The molecule has 23 heavy (non-hydrogen) atoms. The van der Waals surface area contributed by atoms with Crippen molar-refractivity contribution < 1.29 is 14.1 Å². The van der Waals surface area contributed by atoms with Gasteiger partial charge in [0.1, 0.15) is 4.88 Å². The van der Waals surface area contributed by atoms with E-state index >= 15 is 0 Å². The first-order valence-electron chi connectivity index (χ1n) is 6.27. The Balaban J connectivity index is 1.77. The predicted octanol–water partition coefficient (Wildman–Crippen LogP) is 3.03. The molecular weight excluding hydrogens is 342 g/mol. The molecule has 118 valence electrons. The molecule has 0 saturated heterocycles. The monoisotopic (exact) mass is 351 g/mol. The average Bonchev–Trinajstić information content (AvgIpc) is 3.18. The molecule has 0 bridgehead atoms. The zero-order valence-electron chi connectivity index (χ0n) is 11.9. The van der Waals surface area contributed by atoms with Crippen LogP contribution in [0, 0.1) is 24.0 Å². The van der Waals surface area contributed by atoms with Gasteiger partial charge in [0.05, 0.1) is 20.5 Å². The molecule has 3 rings (SSSR count). The minimum Gasteiger partial charge on any atom is -0.402 e. The van der Waals surface area contributed by atoms with Crippen molar-refractivity contribution in [2.45, 2.75) is 13.8 Å². The molecule has 0 aliphatic rings. The van der Waals surface area contributed by atoms with Crippen molar-refractivity contribution >= 4 is 39.6 Å². The summed E-state index contributed by atoms with van der Waals surface area (Å²) in [5.74, 6) is -0.281. The number of amides is 1. The molecular formula is C12H9N5O4S2. The summed E-state index contributed by atoms with van der Waals surface area (Å²) in [6.07, 6.45) is 0. The van der Waals surface area contributed by atoms with E-state index in [2.05, 4.69) is 20.5 Å². The SMILES string of the molecule is Cc1nc(C)c(-c2nnc(NC(=O)c3ccc([N+](=O)[O-])s3)o2)s1. The Labute approximate surface area is 137 Å². The maximum Gasteiger partial charge on any atom is 0.324 e. The lowest BCUT2D eigenvalue weighted by Gasteiger charge is -1.95. The highest BCUT2D eigenvalue weighted by Gasteiger charge is 2.19. The lowest BCUT2D eigenvalue weighted by atomic mass is 10.4. The number of thiazole rings is 1. The number of nitrogens with zero attached hydrogens (tertiary/aromatic N) is 4. The highest BCUT2D eigenvalue weighted by atomic mass is 32.1. The highest BCUT2D eigenvalue weighted by molar-refractivity contribution is 7.17. The largest absolute Gasteiger partial charge is 0.402 e. The first-order valence-corrected chi connectivity index (χ1v) is 7.91. The lowest BCUT2D eigenvalue weighted by molar-refractivity contribution is -0.380. The second-order valence-corrected chi connectivity index (χ2v) is 6.67. The van der Waals surface area contributed by atoms with E-state index in [4.69, 9.17) is 4.42 Å². The fourth-order valence-corrected chi connectivity index (χ4v) is 3.36. The van der Waals surface area contributed by atoms with Gasteiger partial charge in [0.2, 0.25) is 0 Å². The van der Waals surface area contributed by atoms with Gasteiger partial charge < -0.3 is 4.42 Å². The molecule has 0 unspecified atom stereocenters. The molecule has 0 spiro atoms. The van der Waals surface area contributed by atoms with Gasteiger partial charge in [-0.15, -0.1) is 16.4 Å². The third-order valence-corrected chi connectivity index (χ3v) is 4.84. The Morgan fingerprint density at radius 3 is 2.70 bits per heavy atom. The van der Waals surface area contributed by atoms with E-state index < -0.39 is 10.8 Å². The minimum absolute atomic E-state index is 0.0773. The summed E-state index contributed by atoms with van der Waals surface area (Å²) in [5, 5.41) is 21.4. The molecule has 0 saturated carbocycles. The van der Waals surface area contributed by atoms with E-state index in [0.717, 1.165) is 26.9 Å². The number of nitrogens with one attached hydrogen (secondary N) is 1. The van der Waals surface area contributed by atoms with Crippen molar-refractivity contribution in [1.29, 1.82) is 0 Å². The summed E-state index contributed by atoms with van der Waals surface area (Å²) < 4.78 is 5.40. The third-order valence-electron chi connectivity index (χ3n) is 2.74. The molecule has 1 amide bonds. The summed E-state index contributed by atoms with van der Waals surface area (Å²) in [4.78, 5) is 27.3. The van der Waals surface area contributed by atoms with Gasteiger partial charge in [-0.25, -0.2) is 4.98 Å². The summed E-state index contributed by atoms with van der Waals surface area (Å²) >= 11 is 2.18. The number of nitro groups is 1. The number of hydrogen-bond donors (Lipinski definition) is 1. The Morgan fingerprint density at radius 2 is 2.09 bits per heavy atom. The minimum atomic E-state index is -0.554. The fraction of sp³-hybridized carbons (Fsp3) is 0.167. The molecule has 9 nitrogen and oxygen atoms in total. The van der Waals surface area contributed by atoms with Crippen LogP contribution >= 0.6 is 22.7 Å². The molecule has 3 aromatic rings. The Morgan fingerprint density at radius 1 is 1.30 bits per heavy atom. The van der Waals surface area contributed by atoms with Gasteiger partial charge >= 0.3 is 11.0 Å². The van der Waals surface area contributed by atoms with Crippen molar-refractivity contribution in [2.24, 2.45) is 0 Å². The van der Waals surface area contributed by atoms with Crippen molar-refractivity contribution in [3.05, 3.63) is 37.8 Å². The third kappa shape index (κ3) is 3.10. The first kappa shape index (κ1) is 15.2. The van der Waals surface area contributed by atoms with E-state index in [1.54, 1.807) is 0 Å². The van der Waals surface area contributed by atoms with Crippen LogP contribution in [0.5, 0.6) is 0 Å². The summed E-state index contributed by atoms with van der Waals surface area (Å²) in [6.45, 7) is 3.69. The lowest BCUT2D eigenvalue weighted by Crippen LogP contribution is -2.10. The van der Waals surface area contributed by atoms with Gasteiger partial charge in [-0.1, -0.05) is 16.4 Å². The van der Waals surface area contributed by atoms with Gasteiger partial charge in [0, 0.05) is 6.07 Å². The van der Waals surface area contributed by atoms with Crippen molar-refractivity contribution in [3.8, 4) is 10.8 Å². The van der Waals surface area contributed by atoms with E-state index in [-0.39, 0.29) is 21.8 Å². The van der Waals surface area contributed by atoms with E-state index in [0.29, 0.717) is 0 Å². The van der Waals surface area contributed by atoms with Crippen LogP contribution in [0.2, 0.25) is 0 Å². The number of aromatic nitrogens is 3. The highest BCUT2D eigenvalue weighted by Crippen LogP contribution is 2.30. The Kier molecular flexibility index (Phi) is 3.88. The molecule has 0 fully saturated rings. The smallest absolute Gasteiger partial charge is 0.324 e. The van der Waals surface area contributed by atoms with Crippen molar-refractivity contribution in [2.75, 3.05) is 5.32 Å². The van der Waals surface area contributed by atoms with Gasteiger partial charge in [-0.05, 0) is 19.9 Å². The van der Waals surface area contributed by atoms with E-state index in [1.807, 2.05) is 13.8 Å². The maximum absolute atomic E-state index is 12.0. The zero-order chi connectivity index (χ0) is 16.6. The van der Waals surface area contributed by atoms with Gasteiger partial charge in [-0.3, -0.25) is 20.2 Å². The van der Waals surface area contributed by atoms with Crippen molar-refractivity contribution in [1.82, 2.24) is 15.2 Å². The number of anilines is 1.